The number of urea groups is 1. The van der Waals surface area contributed by atoms with Crippen LogP contribution in [0.1, 0.15) is 6.92 Å². The molecular weight excluding hydrogens is 315 g/mol. The van der Waals surface area contributed by atoms with Crippen LogP contribution in [-0.4, -0.2) is 42.6 Å². The van der Waals surface area contributed by atoms with E-state index in [2.05, 4.69) is 0 Å². The summed E-state index contributed by atoms with van der Waals surface area (Å²) < 4.78 is 5.38. The Kier molecular flexibility index (Phi) is 3.82. The quantitative estimate of drug-likeness (QED) is 0.838. The molecule has 2 fully saturated rings. The zero-order valence-corrected chi connectivity index (χ0v) is 12.9. The van der Waals surface area contributed by atoms with Gasteiger partial charge in [0.2, 0.25) is 5.91 Å². The number of nitrogens with zero attached hydrogens (tertiary/aromatic N) is 2. The van der Waals surface area contributed by atoms with Crippen LogP contribution in [0.2, 0.25) is 10.0 Å². The second-order valence-electron chi connectivity index (χ2n) is 5.08. The summed E-state index contributed by atoms with van der Waals surface area (Å²) in [7, 11) is 0. The molecule has 0 aliphatic carbocycles. The molecular formula is C14H14Cl2N2O3. The number of rotatable bonds is 2. The Labute approximate surface area is 132 Å². The van der Waals surface area contributed by atoms with E-state index < -0.39 is 0 Å². The number of ether oxygens (including phenoxy) is 1. The van der Waals surface area contributed by atoms with Crippen molar-refractivity contribution in [1.82, 2.24) is 4.90 Å². The Morgan fingerprint density at radius 2 is 1.86 bits per heavy atom. The first kappa shape index (κ1) is 14.6. The standard InChI is InChI=1S/C14H14Cl2N2O3/c1-2-17-12-7-21-6-11(12)13(19)18(14(17)20)10-4-8(15)3-9(16)5-10/h3-5,11-12H,2,6-7H2,1H3. The predicted molar refractivity (Wildman–Crippen MR) is 79.8 cm³/mol. The predicted octanol–water partition coefficient (Wildman–Crippen LogP) is 2.80. The molecule has 0 N–H and O–H groups in total. The van der Waals surface area contributed by atoms with E-state index in [0.29, 0.717) is 35.5 Å². The number of hydrogen-bond acceptors (Lipinski definition) is 3. The maximum Gasteiger partial charge on any atom is 0.331 e. The lowest BCUT2D eigenvalue weighted by Crippen LogP contribution is -2.61. The molecule has 7 heteroatoms. The van der Waals surface area contributed by atoms with Crippen molar-refractivity contribution in [3.05, 3.63) is 28.2 Å². The molecule has 3 amide bonds. The van der Waals surface area contributed by atoms with Gasteiger partial charge < -0.3 is 9.64 Å². The molecule has 2 aliphatic heterocycles. The molecule has 0 spiro atoms. The summed E-state index contributed by atoms with van der Waals surface area (Å²) in [4.78, 5) is 28.0. The third-order valence-corrected chi connectivity index (χ3v) is 4.31. The van der Waals surface area contributed by atoms with Gasteiger partial charge in [0.25, 0.3) is 0 Å². The first-order chi connectivity index (χ1) is 10.0. The SMILES string of the molecule is CCN1C(=O)N(c2cc(Cl)cc(Cl)c2)C(=O)C2COCC21. The Morgan fingerprint density at radius 3 is 2.48 bits per heavy atom. The normalized spacial score (nSPS) is 25.5. The number of halogens is 2. The molecule has 2 unspecified atom stereocenters. The van der Waals surface area contributed by atoms with Gasteiger partial charge in [-0.1, -0.05) is 23.2 Å². The van der Waals surface area contributed by atoms with E-state index in [0.717, 1.165) is 4.90 Å². The van der Waals surface area contributed by atoms with Crippen LogP contribution < -0.4 is 4.90 Å². The van der Waals surface area contributed by atoms with Gasteiger partial charge in [0.15, 0.2) is 0 Å². The first-order valence-corrected chi connectivity index (χ1v) is 7.47. The molecule has 2 atom stereocenters. The Hall–Kier alpha value is -1.30. The third-order valence-electron chi connectivity index (χ3n) is 3.87. The number of anilines is 1. The molecule has 2 aliphatic rings. The molecule has 0 aromatic heterocycles. The molecule has 1 aromatic rings. The van der Waals surface area contributed by atoms with Gasteiger partial charge in [0.05, 0.1) is 30.9 Å². The molecule has 0 bridgehead atoms. The van der Waals surface area contributed by atoms with Gasteiger partial charge >= 0.3 is 6.03 Å². The number of fused-ring (bicyclic) bond motifs is 1. The van der Waals surface area contributed by atoms with Crippen molar-refractivity contribution < 1.29 is 14.3 Å². The maximum absolute atomic E-state index is 12.6. The molecule has 0 radical (unpaired) electrons. The van der Waals surface area contributed by atoms with Crippen molar-refractivity contribution in [2.75, 3.05) is 24.7 Å². The average Bonchev–Trinajstić information content (AvgIpc) is 2.87. The first-order valence-electron chi connectivity index (χ1n) is 6.71. The Balaban J connectivity index is 2.04. The van der Waals surface area contributed by atoms with E-state index in [1.165, 1.54) is 0 Å². The number of amides is 3. The van der Waals surface area contributed by atoms with Crippen LogP contribution in [0.15, 0.2) is 18.2 Å². The summed E-state index contributed by atoms with van der Waals surface area (Å²) in [6, 6.07) is 4.15. The zero-order valence-electron chi connectivity index (χ0n) is 11.4. The van der Waals surface area contributed by atoms with Crippen molar-refractivity contribution in [3.63, 3.8) is 0 Å². The van der Waals surface area contributed by atoms with Crippen LogP contribution in [0, 0.1) is 5.92 Å². The summed E-state index contributed by atoms with van der Waals surface area (Å²) in [5.41, 5.74) is 0.395. The Bertz CT molecular complexity index is 588. The van der Waals surface area contributed by atoms with E-state index in [1.807, 2.05) is 6.92 Å². The number of carbonyl (C=O) groups excluding carboxylic acids is 2. The lowest BCUT2D eigenvalue weighted by molar-refractivity contribution is -0.124. The second kappa shape index (κ2) is 5.48. The second-order valence-corrected chi connectivity index (χ2v) is 5.95. The summed E-state index contributed by atoms with van der Waals surface area (Å²) >= 11 is 11.9. The highest BCUT2D eigenvalue weighted by molar-refractivity contribution is 6.35. The summed E-state index contributed by atoms with van der Waals surface area (Å²) in [5.74, 6) is -0.592. The van der Waals surface area contributed by atoms with E-state index >= 15 is 0 Å². The lowest BCUT2D eigenvalue weighted by Gasteiger charge is -2.40. The molecule has 1 aromatic carbocycles. The van der Waals surface area contributed by atoms with Gasteiger partial charge in [0.1, 0.15) is 0 Å². The van der Waals surface area contributed by atoms with Crippen LogP contribution in [0.5, 0.6) is 0 Å². The van der Waals surface area contributed by atoms with E-state index in [1.54, 1.807) is 23.1 Å². The molecule has 21 heavy (non-hydrogen) atoms. The number of benzene rings is 1. The van der Waals surface area contributed by atoms with Crippen molar-refractivity contribution in [1.29, 1.82) is 0 Å². The zero-order chi connectivity index (χ0) is 15.1. The molecule has 5 nitrogen and oxygen atoms in total. The fourth-order valence-electron chi connectivity index (χ4n) is 2.89. The highest BCUT2D eigenvalue weighted by Crippen LogP contribution is 2.33. The van der Waals surface area contributed by atoms with Gasteiger partial charge in [0, 0.05) is 16.6 Å². The fourth-order valence-corrected chi connectivity index (χ4v) is 3.41. The smallest absolute Gasteiger partial charge is 0.331 e. The number of imide groups is 1. The monoisotopic (exact) mass is 328 g/mol. The maximum atomic E-state index is 12.6. The van der Waals surface area contributed by atoms with Crippen LogP contribution in [0.4, 0.5) is 10.5 Å². The topological polar surface area (TPSA) is 49.9 Å². The largest absolute Gasteiger partial charge is 0.378 e. The number of hydrogen-bond donors (Lipinski definition) is 0. The minimum atomic E-state index is -0.354. The van der Waals surface area contributed by atoms with Gasteiger partial charge in [-0.15, -0.1) is 0 Å². The van der Waals surface area contributed by atoms with Gasteiger partial charge in [-0.3, -0.25) is 4.79 Å². The van der Waals surface area contributed by atoms with Gasteiger partial charge in [-0.25, -0.2) is 9.69 Å². The van der Waals surface area contributed by atoms with Gasteiger partial charge in [-0.2, -0.15) is 0 Å². The highest BCUT2D eigenvalue weighted by Gasteiger charge is 2.49. The minimum Gasteiger partial charge on any atom is -0.378 e. The lowest BCUT2D eigenvalue weighted by atomic mass is 9.97. The summed E-state index contributed by atoms with van der Waals surface area (Å²) in [6.45, 7) is 3.13. The van der Waals surface area contributed by atoms with Crippen LogP contribution in [0.25, 0.3) is 0 Å². The van der Waals surface area contributed by atoms with E-state index in [-0.39, 0.29) is 23.9 Å². The van der Waals surface area contributed by atoms with Crippen molar-refractivity contribution in [2.45, 2.75) is 13.0 Å². The number of likely N-dealkylation sites (N-methyl/N-ethyl adjacent to an activating group) is 1. The summed E-state index contributed by atoms with van der Waals surface area (Å²) in [6.07, 6.45) is 0. The number of carbonyl (C=O) groups is 2. The van der Waals surface area contributed by atoms with Crippen molar-refractivity contribution in [3.8, 4) is 0 Å². The van der Waals surface area contributed by atoms with Crippen LogP contribution in [0.3, 0.4) is 0 Å². The van der Waals surface area contributed by atoms with E-state index in [9.17, 15) is 9.59 Å². The summed E-state index contributed by atoms with van der Waals surface area (Å²) in [5, 5.41) is 0.761. The van der Waals surface area contributed by atoms with Crippen molar-refractivity contribution in [2.24, 2.45) is 5.92 Å². The van der Waals surface area contributed by atoms with Crippen LogP contribution >= 0.6 is 23.2 Å². The van der Waals surface area contributed by atoms with Crippen molar-refractivity contribution >= 4 is 40.8 Å². The molecule has 2 heterocycles. The Morgan fingerprint density at radius 1 is 1.19 bits per heavy atom. The average molecular weight is 329 g/mol. The minimum absolute atomic E-state index is 0.180. The van der Waals surface area contributed by atoms with Gasteiger partial charge in [-0.05, 0) is 25.1 Å². The molecule has 112 valence electrons. The third kappa shape index (κ3) is 2.39. The fraction of sp³-hybridized carbons (Fsp3) is 0.429. The molecule has 0 saturated carbocycles. The molecule has 2 saturated heterocycles. The molecule has 3 rings (SSSR count). The van der Waals surface area contributed by atoms with E-state index in [4.69, 9.17) is 27.9 Å². The van der Waals surface area contributed by atoms with Crippen LogP contribution in [-0.2, 0) is 9.53 Å². The highest BCUT2D eigenvalue weighted by atomic mass is 35.5.